The molecule has 0 heterocycles. The van der Waals surface area contributed by atoms with Crippen LogP contribution < -0.4 is 10.2 Å². The first-order chi connectivity index (χ1) is 9.17. The average molecular weight is 379 g/mol. The van der Waals surface area contributed by atoms with Gasteiger partial charge >= 0.3 is 95.2 Å². The molecule has 1 unspecified atom stereocenters. The Bertz CT molecular complexity index is 119. The van der Waals surface area contributed by atoms with Crippen molar-refractivity contribution in [2.45, 2.75) is 82.0 Å². The summed E-state index contributed by atoms with van der Waals surface area (Å²) < 4.78 is 3.28. The molecule has 19 heavy (non-hydrogen) atoms. The molecule has 0 aliphatic heterocycles. The minimum atomic E-state index is 0. The number of unbranched alkanes of at least 4 members (excludes halogenated alkanes) is 2. The predicted molar refractivity (Wildman–Crippen MR) is 84.7 cm³/mol. The Kier molecular flexibility index (Phi) is 35.3. The van der Waals surface area contributed by atoms with Gasteiger partial charge in [0.2, 0.25) is 0 Å². The Hall–Kier alpha value is 0.719. The molecule has 0 saturated carbocycles. The van der Waals surface area contributed by atoms with Gasteiger partial charge in [0.05, 0.1) is 0 Å². The first-order valence-corrected chi connectivity index (χ1v) is 12.1. The SMILES string of the molecule is CCC[CH2][Sn+2][CH2]C(CC)CCCC.CC[O-].CC[O-]. The molecule has 2 nitrogen and oxygen atoms in total. The summed E-state index contributed by atoms with van der Waals surface area (Å²) in [5.74, 6) is 1.10. The summed E-state index contributed by atoms with van der Waals surface area (Å²) in [6.45, 7) is 10.1. The van der Waals surface area contributed by atoms with Gasteiger partial charge in [0, 0.05) is 0 Å². The van der Waals surface area contributed by atoms with Crippen molar-refractivity contribution in [2.24, 2.45) is 5.92 Å². The quantitative estimate of drug-likeness (QED) is 0.456. The van der Waals surface area contributed by atoms with Crippen molar-refractivity contribution in [2.75, 3.05) is 13.2 Å². The molecule has 0 amide bonds. The van der Waals surface area contributed by atoms with Gasteiger partial charge in [0.1, 0.15) is 0 Å². The fraction of sp³-hybridized carbons (Fsp3) is 1.00. The van der Waals surface area contributed by atoms with Crippen LogP contribution in [0.15, 0.2) is 0 Å². The van der Waals surface area contributed by atoms with E-state index in [9.17, 15) is 0 Å². The van der Waals surface area contributed by atoms with Crippen LogP contribution in [0.1, 0.15) is 73.1 Å². The molecule has 116 valence electrons. The molecule has 0 spiro atoms. The first kappa shape index (κ1) is 24.7. The maximum absolute atomic E-state index is 8.93. The van der Waals surface area contributed by atoms with Crippen molar-refractivity contribution < 1.29 is 10.2 Å². The Balaban J connectivity index is -0.000000360. The fourth-order valence-electron chi connectivity index (χ4n) is 1.55. The number of rotatable bonds is 9. The zero-order valence-corrected chi connectivity index (χ0v) is 16.8. The fourth-order valence-corrected chi connectivity index (χ4v) is 6.43. The zero-order chi connectivity index (χ0) is 15.4. The third kappa shape index (κ3) is 32.3. The molecular weight excluding hydrogens is 343 g/mol. The van der Waals surface area contributed by atoms with Gasteiger partial charge in [0.15, 0.2) is 0 Å². The van der Waals surface area contributed by atoms with Crippen molar-refractivity contribution in [1.82, 2.24) is 0 Å². The van der Waals surface area contributed by atoms with Crippen LogP contribution in [0.3, 0.4) is 0 Å². The molecule has 0 aromatic heterocycles. The predicted octanol–water partition coefficient (Wildman–Crippen LogP) is 3.28. The molecule has 0 fully saturated rings. The van der Waals surface area contributed by atoms with Gasteiger partial charge in [-0.05, 0) is 0 Å². The van der Waals surface area contributed by atoms with Crippen molar-refractivity contribution in [3.05, 3.63) is 0 Å². The summed E-state index contributed by atoms with van der Waals surface area (Å²) in [5, 5.41) is 17.9. The Labute approximate surface area is 132 Å². The molecule has 1 atom stereocenters. The largest absolute Gasteiger partial charge is 0.855 e. The van der Waals surface area contributed by atoms with Crippen LogP contribution >= 0.6 is 0 Å². The first-order valence-electron chi connectivity index (χ1n) is 8.04. The van der Waals surface area contributed by atoms with Crippen LogP contribution in [0, 0.1) is 5.92 Å². The minimum Gasteiger partial charge on any atom is -0.855 e. The molecule has 0 saturated heterocycles. The number of hydrogen-bond acceptors (Lipinski definition) is 2. The normalized spacial score (nSPS) is 10.5. The van der Waals surface area contributed by atoms with Gasteiger partial charge in [0.25, 0.3) is 0 Å². The Morgan fingerprint density at radius 3 is 1.68 bits per heavy atom. The van der Waals surface area contributed by atoms with E-state index in [4.69, 9.17) is 10.2 Å². The van der Waals surface area contributed by atoms with Crippen molar-refractivity contribution in [3.8, 4) is 0 Å². The summed E-state index contributed by atoms with van der Waals surface area (Å²) in [5.41, 5.74) is 0. The summed E-state index contributed by atoms with van der Waals surface area (Å²) in [6, 6.07) is 0. The molecule has 0 N–H and O–H groups in total. The van der Waals surface area contributed by atoms with Crippen LogP contribution in [0.4, 0.5) is 0 Å². The van der Waals surface area contributed by atoms with E-state index >= 15 is 0 Å². The van der Waals surface area contributed by atoms with Gasteiger partial charge in [-0.25, -0.2) is 0 Å². The standard InChI is InChI=1S/C8H17.C4H9.2C2H5O.Sn/c1-4-6-7-8(3)5-2;1-3-4-2;2*1-2-3;/h8H,3-7H2,1-2H3;1,3-4H2,2H3;2*2H2,1H3;/q;;2*-1;+2. The van der Waals surface area contributed by atoms with Crippen LogP contribution in [-0.4, -0.2) is 34.4 Å². The van der Waals surface area contributed by atoms with E-state index in [0.717, 1.165) is 5.92 Å². The van der Waals surface area contributed by atoms with Crippen LogP contribution in [0.2, 0.25) is 8.87 Å². The van der Waals surface area contributed by atoms with E-state index in [1.165, 1.54) is 38.5 Å². The van der Waals surface area contributed by atoms with Gasteiger partial charge < -0.3 is 10.2 Å². The van der Waals surface area contributed by atoms with Gasteiger partial charge in [-0.3, -0.25) is 0 Å². The second-order valence-electron chi connectivity index (χ2n) is 4.55. The molecule has 0 aromatic carbocycles. The summed E-state index contributed by atoms with van der Waals surface area (Å²) in [7, 11) is 0. The monoisotopic (exact) mass is 380 g/mol. The molecule has 0 bridgehead atoms. The third-order valence-electron chi connectivity index (χ3n) is 2.68. The molecule has 0 rings (SSSR count). The maximum atomic E-state index is 8.93. The van der Waals surface area contributed by atoms with Crippen molar-refractivity contribution in [1.29, 1.82) is 0 Å². The Morgan fingerprint density at radius 1 is 0.842 bits per heavy atom. The third-order valence-corrected chi connectivity index (χ3v) is 7.17. The van der Waals surface area contributed by atoms with Gasteiger partial charge in [-0.2, -0.15) is 0 Å². The summed E-state index contributed by atoms with van der Waals surface area (Å²) in [6.07, 6.45) is 8.72. The van der Waals surface area contributed by atoms with Gasteiger partial charge in [-0.1, -0.05) is 13.8 Å². The van der Waals surface area contributed by atoms with Crippen LogP contribution in [0.5, 0.6) is 0 Å². The van der Waals surface area contributed by atoms with E-state index in [2.05, 4.69) is 20.8 Å². The molecule has 3 heteroatoms. The second kappa shape index (κ2) is 27.1. The van der Waals surface area contributed by atoms with Crippen LogP contribution in [-0.2, 0) is 0 Å². The van der Waals surface area contributed by atoms with E-state index in [1.54, 1.807) is 22.7 Å². The summed E-state index contributed by atoms with van der Waals surface area (Å²) >= 11 is 0.0553. The van der Waals surface area contributed by atoms with E-state index in [-0.39, 0.29) is 34.4 Å². The molecule has 0 aliphatic carbocycles. The zero-order valence-electron chi connectivity index (χ0n) is 14.0. The van der Waals surface area contributed by atoms with Crippen LogP contribution in [0.25, 0.3) is 0 Å². The van der Waals surface area contributed by atoms with Crippen molar-refractivity contribution in [3.63, 3.8) is 0 Å². The van der Waals surface area contributed by atoms with E-state index in [1.807, 2.05) is 0 Å². The topological polar surface area (TPSA) is 46.1 Å². The smallest absolute Gasteiger partial charge is 0.0809 e. The molecular formula is C16H36O2Sn. The minimum absolute atomic E-state index is 0. The molecule has 0 radical (unpaired) electrons. The Morgan fingerprint density at radius 2 is 1.32 bits per heavy atom. The van der Waals surface area contributed by atoms with Gasteiger partial charge in [-0.15, -0.1) is 13.2 Å². The average Bonchev–Trinajstić information content (AvgIpc) is 2.40. The maximum Gasteiger partial charge on any atom is -0.0809 e. The van der Waals surface area contributed by atoms with E-state index in [0.29, 0.717) is 0 Å². The number of hydrogen-bond donors (Lipinski definition) is 0. The molecule has 0 aliphatic rings. The van der Waals surface area contributed by atoms with E-state index < -0.39 is 0 Å². The second-order valence-corrected chi connectivity index (χ2v) is 8.57. The van der Waals surface area contributed by atoms with Crippen molar-refractivity contribution >= 4 is 21.1 Å². The summed E-state index contributed by atoms with van der Waals surface area (Å²) in [4.78, 5) is 0. The molecule has 0 aromatic rings.